The molecular formula is C15H21FN2O2. The minimum atomic E-state index is -0.275. The number of hydrogen-bond donors (Lipinski definition) is 1. The van der Waals surface area contributed by atoms with E-state index in [1.54, 1.807) is 17.0 Å². The molecule has 0 radical (unpaired) electrons. The van der Waals surface area contributed by atoms with Crippen LogP contribution in [0.1, 0.15) is 31.9 Å². The van der Waals surface area contributed by atoms with E-state index in [0.29, 0.717) is 19.5 Å². The Hall–Kier alpha value is -1.46. The lowest BCUT2D eigenvalue weighted by Gasteiger charge is -2.37. The van der Waals surface area contributed by atoms with Gasteiger partial charge in [0.25, 0.3) is 0 Å². The second-order valence-corrected chi connectivity index (χ2v) is 5.47. The predicted molar refractivity (Wildman–Crippen MR) is 74.5 cm³/mol. The van der Waals surface area contributed by atoms with Crippen molar-refractivity contribution in [3.8, 4) is 0 Å². The minimum absolute atomic E-state index is 0.0438. The molecule has 110 valence electrons. The highest BCUT2D eigenvalue weighted by Crippen LogP contribution is 2.25. The lowest BCUT2D eigenvalue weighted by Crippen LogP contribution is -2.47. The van der Waals surface area contributed by atoms with Crippen LogP contribution in [0.2, 0.25) is 0 Å². The van der Waals surface area contributed by atoms with Gasteiger partial charge in [0.1, 0.15) is 11.9 Å². The second kappa shape index (κ2) is 6.33. The molecule has 2 rings (SSSR count). The van der Waals surface area contributed by atoms with Crippen molar-refractivity contribution in [2.45, 2.75) is 38.5 Å². The maximum Gasteiger partial charge on any atom is 0.224 e. The van der Waals surface area contributed by atoms with Crippen LogP contribution in [0.4, 0.5) is 4.39 Å². The van der Waals surface area contributed by atoms with Crippen molar-refractivity contribution in [1.82, 2.24) is 4.90 Å². The number of morpholine rings is 1. The van der Waals surface area contributed by atoms with E-state index in [-0.39, 0.29) is 30.0 Å². The van der Waals surface area contributed by atoms with Crippen LogP contribution in [0.3, 0.4) is 0 Å². The molecule has 1 heterocycles. The highest BCUT2D eigenvalue weighted by molar-refractivity contribution is 5.77. The Morgan fingerprint density at radius 1 is 1.45 bits per heavy atom. The van der Waals surface area contributed by atoms with Crippen molar-refractivity contribution in [2.75, 3.05) is 13.1 Å². The Labute approximate surface area is 118 Å². The number of benzene rings is 1. The van der Waals surface area contributed by atoms with E-state index in [1.807, 2.05) is 13.8 Å². The van der Waals surface area contributed by atoms with Crippen molar-refractivity contribution in [3.63, 3.8) is 0 Å². The van der Waals surface area contributed by atoms with Gasteiger partial charge in [-0.05, 0) is 31.5 Å². The summed E-state index contributed by atoms with van der Waals surface area (Å²) in [6.07, 6.45) is 0.0790. The number of halogens is 1. The molecule has 1 aromatic carbocycles. The second-order valence-electron chi connectivity index (χ2n) is 5.47. The summed E-state index contributed by atoms with van der Waals surface area (Å²) in [5, 5.41) is 0. The summed E-state index contributed by atoms with van der Waals surface area (Å²) >= 11 is 0. The Morgan fingerprint density at radius 2 is 2.10 bits per heavy atom. The number of nitrogens with zero attached hydrogens (tertiary/aromatic N) is 1. The van der Waals surface area contributed by atoms with Crippen molar-refractivity contribution in [3.05, 3.63) is 35.6 Å². The first-order valence-electron chi connectivity index (χ1n) is 6.90. The Kier molecular flexibility index (Phi) is 4.73. The molecule has 5 heteroatoms. The third-order valence-corrected chi connectivity index (χ3v) is 3.35. The molecule has 0 aromatic heterocycles. The van der Waals surface area contributed by atoms with Crippen LogP contribution < -0.4 is 5.73 Å². The van der Waals surface area contributed by atoms with Gasteiger partial charge in [0.15, 0.2) is 0 Å². The van der Waals surface area contributed by atoms with Crippen molar-refractivity contribution in [2.24, 2.45) is 5.73 Å². The largest absolute Gasteiger partial charge is 0.367 e. The van der Waals surface area contributed by atoms with Crippen molar-refractivity contribution < 1.29 is 13.9 Å². The van der Waals surface area contributed by atoms with Gasteiger partial charge in [-0.3, -0.25) is 4.79 Å². The molecule has 1 saturated heterocycles. The molecule has 0 aliphatic carbocycles. The fourth-order valence-electron chi connectivity index (χ4n) is 2.42. The number of hydrogen-bond acceptors (Lipinski definition) is 3. The van der Waals surface area contributed by atoms with Crippen LogP contribution in [0.15, 0.2) is 24.3 Å². The summed E-state index contributed by atoms with van der Waals surface area (Å²) in [5.41, 5.74) is 6.56. The quantitative estimate of drug-likeness (QED) is 0.919. The molecule has 3 atom stereocenters. The van der Waals surface area contributed by atoms with Crippen molar-refractivity contribution in [1.29, 1.82) is 0 Å². The van der Waals surface area contributed by atoms with E-state index in [9.17, 15) is 9.18 Å². The zero-order valence-electron chi connectivity index (χ0n) is 11.9. The Morgan fingerprint density at radius 3 is 2.70 bits per heavy atom. The first kappa shape index (κ1) is 14.9. The maximum atomic E-state index is 13.0. The van der Waals surface area contributed by atoms with Crippen LogP contribution in [0.5, 0.6) is 0 Å². The lowest BCUT2D eigenvalue weighted by molar-refractivity contribution is -0.145. The van der Waals surface area contributed by atoms with E-state index in [4.69, 9.17) is 10.5 Å². The Balaban J connectivity index is 2.08. The molecular weight excluding hydrogens is 259 g/mol. The lowest BCUT2D eigenvalue weighted by atomic mass is 10.1. The van der Waals surface area contributed by atoms with Crippen molar-refractivity contribution >= 4 is 5.91 Å². The molecule has 1 fully saturated rings. The van der Waals surface area contributed by atoms with E-state index < -0.39 is 0 Å². The summed E-state index contributed by atoms with van der Waals surface area (Å²) in [6.45, 7) is 4.81. The molecule has 0 bridgehead atoms. The number of rotatable bonds is 3. The van der Waals surface area contributed by atoms with E-state index in [0.717, 1.165) is 5.56 Å². The number of nitrogens with two attached hydrogens (primary N) is 1. The summed E-state index contributed by atoms with van der Waals surface area (Å²) in [5.74, 6) is -0.232. The van der Waals surface area contributed by atoms with Gasteiger partial charge < -0.3 is 15.4 Å². The third kappa shape index (κ3) is 3.77. The van der Waals surface area contributed by atoms with Gasteiger partial charge in [-0.2, -0.15) is 0 Å². The molecule has 1 aliphatic rings. The van der Waals surface area contributed by atoms with Gasteiger partial charge in [0.2, 0.25) is 5.91 Å². The van der Waals surface area contributed by atoms with Crippen LogP contribution in [0.25, 0.3) is 0 Å². The van der Waals surface area contributed by atoms with E-state index >= 15 is 0 Å². The number of ether oxygens (including phenoxy) is 1. The molecule has 20 heavy (non-hydrogen) atoms. The van der Waals surface area contributed by atoms with Crippen LogP contribution in [-0.4, -0.2) is 36.0 Å². The summed E-state index contributed by atoms with van der Waals surface area (Å²) in [7, 11) is 0. The van der Waals surface area contributed by atoms with Gasteiger partial charge in [-0.1, -0.05) is 12.1 Å². The highest BCUT2D eigenvalue weighted by atomic mass is 19.1. The summed E-state index contributed by atoms with van der Waals surface area (Å²) < 4.78 is 18.8. The fraction of sp³-hybridized carbons (Fsp3) is 0.533. The number of carbonyl (C=O) groups excluding carboxylic acids is 1. The minimum Gasteiger partial charge on any atom is -0.367 e. The first-order valence-corrected chi connectivity index (χ1v) is 6.90. The topological polar surface area (TPSA) is 55.6 Å². The van der Waals surface area contributed by atoms with Gasteiger partial charge in [0.05, 0.1) is 12.6 Å². The molecule has 1 amide bonds. The van der Waals surface area contributed by atoms with E-state index in [1.165, 1.54) is 12.1 Å². The molecule has 1 aliphatic heterocycles. The smallest absolute Gasteiger partial charge is 0.224 e. The third-order valence-electron chi connectivity index (χ3n) is 3.35. The average Bonchev–Trinajstić information content (AvgIpc) is 2.38. The molecule has 1 aromatic rings. The van der Waals surface area contributed by atoms with Gasteiger partial charge in [-0.25, -0.2) is 4.39 Å². The van der Waals surface area contributed by atoms with Crippen LogP contribution in [-0.2, 0) is 9.53 Å². The molecule has 0 spiro atoms. The normalized spacial score (nSPS) is 24.5. The zero-order valence-corrected chi connectivity index (χ0v) is 11.9. The predicted octanol–water partition coefficient (Wildman–Crippen LogP) is 1.85. The summed E-state index contributed by atoms with van der Waals surface area (Å²) in [4.78, 5) is 13.9. The van der Waals surface area contributed by atoms with Crippen LogP contribution in [0, 0.1) is 5.82 Å². The van der Waals surface area contributed by atoms with Gasteiger partial charge >= 0.3 is 0 Å². The molecule has 4 nitrogen and oxygen atoms in total. The zero-order chi connectivity index (χ0) is 14.7. The van der Waals surface area contributed by atoms with Gasteiger partial charge in [-0.15, -0.1) is 0 Å². The number of amides is 1. The SMILES string of the molecule is CC(N)CC(=O)N1CC(C)OC(c2ccc(F)cc2)C1. The monoisotopic (exact) mass is 280 g/mol. The van der Waals surface area contributed by atoms with E-state index in [2.05, 4.69) is 0 Å². The van der Waals surface area contributed by atoms with Gasteiger partial charge in [0, 0.05) is 19.0 Å². The molecule has 0 saturated carbocycles. The highest BCUT2D eigenvalue weighted by Gasteiger charge is 2.29. The molecule has 3 unspecified atom stereocenters. The maximum absolute atomic E-state index is 13.0. The van der Waals surface area contributed by atoms with Crippen LogP contribution >= 0.6 is 0 Å². The number of carbonyl (C=O) groups is 1. The Bertz CT molecular complexity index is 461. The fourth-order valence-corrected chi connectivity index (χ4v) is 2.42. The average molecular weight is 280 g/mol. The standard InChI is InChI=1S/C15H21FN2O2/c1-10(17)7-15(19)18-8-11(2)20-14(9-18)12-3-5-13(16)6-4-12/h3-6,10-11,14H,7-9,17H2,1-2H3. The molecule has 2 N–H and O–H groups in total. The summed E-state index contributed by atoms with van der Waals surface area (Å²) in [6, 6.07) is 6.07. The first-order chi connectivity index (χ1) is 9.45.